The molecule has 0 atom stereocenters. The van der Waals surface area contributed by atoms with E-state index in [0.717, 1.165) is 22.2 Å². The monoisotopic (exact) mass is 439 g/mol. The maximum atomic E-state index is 4.81. The summed E-state index contributed by atoms with van der Waals surface area (Å²) in [7, 11) is 0. The molecule has 0 amide bonds. The van der Waals surface area contributed by atoms with Crippen molar-refractivity contribution < 1.29 is 0 Å². The van der Waals surface area contributed by atoms with E-state index in [4.69, 9.17) is 4.98 Å². The largest absolute Gasteiger partial charge is 0.355 e. The Hall–Kier alpha value is -4.15. The Morgan fingerprint density at radius 1 is 0.667 bits per heavy atom. The number of benzene rings is 4. The highest BCUT2D eigenvalue weighted by atomic mass is 32.1. The first-order valence-corrected chi connectivity index (χ1v) is 11.9. The highest BCUT2D eigenvalue weighted by Gasteiger charge is 2.19. The smallest absolute Gasteiger partial charge is 0.0963 e. The molecule has 0 spiro atoms. The summed E-state index contributed by atoms with van der Waals surface area (Å²) < 4.78 is 5.03. The Balaban J connectivity index is 1.60. The maximum absolute atomic E-state index is 4.81. The van der Waals surface area contributed by atoms with Gasteiger partial charge in [0.2, 0.25) is 0 Å². The molecule has 1 N–H and O–H groups in total. The number of para-hydroxylation sites is 1. The summed E-state index contributed by atoms with van der Waals surface area (Å²) in [5, 5.41) is 6.30. The van der Waals surface area contributed by atoms with Crippen LogP contribution in [0.3, 0.4) is 0 Å². The van der Waals surface area contributed by atoms with Crippen LogP contribution in [0, 0.1) is 0 Å². The fraction of sp³-hybridized carbons (Fsp3) is 0. The zero-order chi connectivity index (χ0) is 21.5. The summed E-state index contributed by atoms with van der Waals surface area (Å²) >= 11 is 1.86. The minimum atomic E-state index is 1.05. The van der Waals surface area contributed by atoms with Crippen LogP contribution >= 0.6 is 11.3 Å². The topological polar surface area (TPSA) is 33.6 Å². The number of aromatic amines is 1. The Bertz CT molecular complexity index is 2040. The van der Waals surface area contributed by atoms with Crippen LogP contribution in [0.2, 0.25) is 0 Å². The number of hydrogen-bond donors (Lipinski definition) is 1. The first-order valence-electron chi connectivity index (χ1n) is 11.1. The molecule has 0 aliphatic heterocycles. The van der Waals surface area contributed by atoms with Gasteiger partial charge in [0.15, 0.2) is 0 Å². The van der Waals surface area contributed by atoms with E-state index in [9.17, 15) is 0 Å². The number of nitrogens with zero attached hydrogens (tertiary/aromatic N) is 2. The minimum Gasteiger partial charge on any atom is -0.355 e. The van der Waals surface area contributed by atoms with E-state index in [1.165, 1.54) is 47.4 Å². The van der Waals surface area contributed by atoms with Gasteiger partial charge in [0.05, 0.1) is 16.6 Å². The first-order chi connectivity index (χ1) is 16.4. The van der Waals surface area contributed by atoms with E-state index >= 15 is 0 Å². The highest BCUT2D eigenvalue weighted by Crippen LogP contribution is 2.42. The molecule has 0 radical (unpaired) electrons. The zero-order valence-corrected chi connectivity index (χ0v) is 18.4. The molecule has 4 heterocycles. The van der Waals surface area contributed by atoms with E-state index in [0.29, 0.717) is 0 Å². The lowest BCUT2D eigenvalue weighted by Crippen LogP contribution is -1.94. The van der Waals surface area contributed by atoms with Crippen LogP contribution in [0.5, 0.6) is 0 Å². The number of fused-ring (bicyclic) bond motifs is 10. The molecule has 3 nitrogen and oxygen atoms in total. The molecule has 4 aromatic heterocycles. The lowest BCUT2D eigenvalue weighted by Gasteiger charge is -2.09. The van der Waals surface area contributed by atoms with Crippen LogP contribution < -0.4 is 0 Å². The van der Waals surface area contributed by atoms with Gasteiger partial charge in [-0.3, -0.25) is 4.98 Å². The summed E-state index contributed by atoms with van der Waals surface area (Å²) in [4.78, 5) is 8.36. The molecule has 0 aliphatic carbocycles. The Morgan fingerprint density at radius 2 is 1.52 bits per heavy atom. The number of pyridine rings is 1. The van der Waals surface area contributed by atoms with Gasteiger partial charge >= 0.3 is 0 Å². The fourth-order valence-corrected chi connectivity index (χ4v) is 6.48. The zero-order valence-electron chi connectivity index (χ0n) is 17.5. The molecule has 8 aromatic rings. The van der Waals surface area contributed by atoms with E-state index in [1.54, 1.807) is 0 Å². The number of thiophene rings is 1. The average molecular weight is 440 g/mol. The highest BCUT2D eigenvalue weighted by molar-refractivity contribution is 7.26. The second-order valence-electron chi connectivity index (χ2n) is 8.54. The van der Waals surface area contributed by atoms with Gasteiger partial charge in [-0.25, -0.2) is 0 Å². The second-order valence-corrected chi connectivity index (χ2v) is 9.62. The van der Waals surface area contributed by atoms with Gasteiger partial charge in [-0.15, -0.1) is 11.3 Å². The van der Waals surface area contributed by atoms with Gasteiger partial charge in [-0.1, -0.05) is 36.4 Å². The van der Waals surface area contributed by atoms with Crippen molar-refractivity contribution in [3.63, 3.8) is 0 Å². The van der Waals surface area contributed by atoms with Crippen molar-refractivity contribution in [1.29, 1.82) is 0 Å². The minimum absolute atomic E-state index is 1.05. The average Bonchev–Trinajstić information content (AvgIpc) is 3.52. The molecule has 0 saturated carbocycles. The van der Waals surface area contributed by atoms with E-state index < -0.39 is 0 Å². The van der Waals surface area contributed by atoms with Crippen molar-refractivity contribution in [3.05, 3.63) is 97.2 Å². The number of nitrogens with one attached hydrogen (secondary N) is 1. The van der Waals surface area contributed by atoms with Crippen molar-refractivity contribution in [2.24, 2.45) is 0 Å². The first kappa shape index (κ1) is 17.4. The molecule has 4 heteroatoms. The summed E-state index contributed by atoms with van der Waals surface area (Å²) in [5.74, 6) is 0. The number of aromatic nitrogens is 3. The summed E-state index contributed by atoms with van der Waals surface area (Å²) in [6, 6.07) is 32.7. The van der Waals surface area contributed by atoms with Crippen molar-refractivity contribution in [2.75, 3.05) is 0 Å². The fourth-order valence-electron chi connectivity index (χ4n) is 5.37. The number of hydrogen-bond acceptors (Lipinski definition) is 2. The van der Waals surface area contributed by atoms with Crippen LogP contribution in [-0.2, 0) is 0 Å². The molecule has 0 bridgehead atoms. The Labute approximate surface area is 192 Å². The third kappa shape index (κ3) is 2.25. The summed E-state index contributed by atoms with van der Waals surface area (Å²) in [5.41, 5.74) is 6.89. The lowest BCUT2D eigenvalue weighted by molar-refractivity contribution is 1.19. The van der Waals surface area contributed by atoms with Gasteiger partial charge in [-0.05, 0) is 54.6 Å². The maximum Gasteiger partial charge on any atom is 0.0963 e. The van der Waals surface area contributed by atoms with Crippen LogP contribution in [0.15, 0.2) is 97.2 Å². The molecule has 154 valence electrons. The lowest BCUT2D eigenvalue weighted by atomic mass is 10.1. The second kappa shape index (κ2) is 6.21. The van der Waals surface area contributed by atoms with Gasteiger partial charge < -0.3 is 9.55 Å². The molecule has 33 heavy (non-hydrogen) atoms. The predicted octanol–water partition coefficient (Wildman–Crippen LogP) is 8.18. The Kier molecular flexibility index (Phi) is 3.28. The van der Waals surface area contributed by atoms with Crippen molar-refractivity contribution in [3.8, 4) is 5.69 Å². The van der Waals surface area contributed by atoms with Gasteiger partial charge in [0, 0.05) is 59.2 Å². The van der Waals surface area contributed by atoms with Crippen LogP contribution in [0.4, 0.5) is 0 Å². The summed E-state index contributed by atoms with van der Waals surface area (Å²) in [6.45, 7) is 0. The van der Waals surface area contributed by atoms with Gasteiger partial charge in [-0.2, -0.15) is 0 Å². The molecule has 8 rings (SSSR count). The molecule has 0 unspecified atom stereocenters. The third-order valence-electron chi connectivity index (χ3n) is 6.77. The SMILES string of the molecule is c1ccc2c(c1)[nH]c1ccc(-n3c4cccnc4c4ccc5sc6ccccc6c5c43)cc12. The molecule has 0 fully saturated rings. The van der Waals surface area contributed by atoms with Crippen LogP contribution in [0.25, 0.3) is 69.6 Å². The molecular formula is C29H17N3S. The van der Waals surface area contributed by atoms with Crippen molar-refractivity contribution >= 4 is 75.3 Å². The van der Waals surface area contributed by atoms with E-state index in [1.807, 2.05) is 23.6 Å². The Morgan fingerprint density at radius 3 is 2.48 bits per heavy atom. The van der Waals surface area contributed by atoms with E-state index in [-0.39, 0.29) is 0 Å². The molecule has 0 aliphatic rings. The molecule has 4 aromatic carbocycles. The standard InChI is InChI=1S/C29H17N3S/c1-3-8-22-18(6-1)21-16-17(11-13-23(21)31-22)32-24-9-5-15-30-28(24)20-12-14-26-27(29(20)32)19-7-2-4-10-25(19)33-26/h1-16,31H. The number of H-pyrrole nitrogens is 1. The molecular weight excluding hydrogens is 422 g/mol. The third-order valence-corrected chi connectivity index (χ3v) is 7.91. The van der Waals surface area contributed by atoms with Crippen LogP contribution in [0.1, 0.15) is 0 Å². The quantitative estimate of drug-likeness (QED) is 0.275. The van der Waals surface area contributed by atoms with Crippen LogP contribution in [-0.4, -0.2) is 14.5 Å². The predicted molar refractivity (Wildman–Crippen MR) is 141 cm³/mol. The normalized spacial score (nSPS) is 12.2. The number of rotatable bonds is 1. The van der Waals surface area contributed by atoms with Crippen molar-refractivity contribution in [2.45, 2.75) is 0 Å². The molecule has 0 saturated heterocycles. The van der Waals surface area contributed by atoms with Gasteiger partial charge in [0.25, 0.3) is 0 Å². The van der Waals surface area contributed by atoms with E-state index in [2.05, 4.69) is 94.5 Å². The van der Waals surface area contributed by atoms with Gasteiger partial charge in [0.1, 0.15) is 0 Å². The van der Waals surface area contributed by atoms with Crippen molar-refractivity contribution in [1.82, 2.24) is 14.5 Å². The summed E-state index contributed by atoms with van der Waals surface area (Å²) in [6.07, 6.45) is 1.89.